The summed E-state index contributed by atoms with van der Waals surface area (Å²) in [6.45, 7) is 3.85. The average molecular weight is 356 g/mol. The van der Waals surface area contributed by atoms with Crippen LogP contribution in [-0.4, -0.2) is 36.6 Å². The van der Waals surface area contributed by atoms with E-state index in [4.69, 9.17) is 4.52 Å². The van der Waals surface area contributed by atoms with Crippen LogP contribution in [0.2, 0.25) is 0 Å². The van der Waals surface area contributed by atoms with E-state index in [0.717, 1.165) is 18.8 Å². The van der Waals surface area contributed by atoms with E-state index in [0.29, 0.717) is 11.5 Å². The normalized spacial score (nSPS) is 14.1. The molecule has 2 aromatic rings. The number of piperidine rings is 1. The van der Waals surface area contributed by atoms with Crippen molar-refractivity contribution in [1.82, 2.24) is 10.5 Å². The number of carbonyl (C=O) groups excluding carboxylic acids is 2. The molecule has 3 rings (SSSR count). The summed E-state index contributed by atoms with van der Waals surface area (Å²) in [5.74, 6) is 0.118. The second-order valence-electron chi connectivity index (χ2n) is 6.53. The van der Waals surface area contributed by atoms with Crippen molar-refractivity contribution in [3.8, 4) is 0 Å². The number of aromatic nitrogens is 1. The minimum atomic E-state index is -0.270. The van der Waals surface area contributed by atoms with E-state index in [9.17, 15) is 9.59 Å². The van der Waals surface area contributed by atoms with E-state index in [2.05, 4.69) is 20.7 Å². The molecule has 7 heteroatoms. The van der Waals surface area contributed by atoms with Crippen LogP contribution in [0.1, 0.15) is 30.7 Å². The third-order valence-electron chi connectivity index (χ3n) is 4.34. The first-order valence-corrected chi connectivity index (χ1v) is 8.94. The second-order valence-corrected chi connectivity index (χ2v) is 6.53. The molecular weight excluding hydrogens is 332 g/mol. The van der Waals surface area contributed by atoms with Gasteiger partial charge in [-0.05, 0) is 50.5 Å². The molecule has 1 aliphatic rings. The van der Waals surface area contributed by atoms with Crippen LogP contribution in [-0.2, 0) is 16.0 Å². The number of nitrogens with one attached hydrogen (secondary N) is 2. The average Bonchev–Trinajstić information content (AvgIpc) is 3.06. The maximum atomic E-state index is 12.0. The predicted octanol–water partition coefficient (Wildman–Crippen LogP) is 2.27. The molecule has 1 aromatic heterocycles. The molecule has 0 spiro atoms. The maximum Gasteiger partial charge on any atom is 0.243 e. The summed E-state index contributed by atoms with van der Waals surface area (Å²) in [5.41, 5.74) is 2.45. The first-order chi connectivity index (χ1) is 12.6. The highest BCUT2D eigenvalue weighted by molar-refractivity contribution is 5.94. The summed E-state index contributed by atoms with van der Waals surface area (Å²) in [6, 6.07) is 9.52. The Bertz CT molecular complexity index is 748. The summed E-state index contributed by atoms with van der Waals surface area (Å²) in [7, 11) is 0. The number of aryl methyl sites for hydroxylation is 1. The van der Waals surface area contributed by atoms with E-state index in [1.807, 2.05) is 24.3 Å². The Labute approximate surface area is 152 Å². The maximum absolute atomic E-state index is 12.0. The summed E-state index contributed by atoms with van der Waals surface area (Å²) in [6.07, 6.45) is 3.85. The summed E-state index contributed by atoms with van der Waals surface area (Å²) in [4.78, 5) is 26.2. The lowest BCUT2D eigenvalue weighted by atomic mass is 10.1. The van der Waals surface area contributed by atoms with E-state index in [-0.39, 0.29) is 24.8 Å². The largest absolute Gasteiger partial charge is 0.372 e. The number of anilines is 2. The highest BCUT2D eigenvalue weighted by Crippen LogP contribution is 2.21. The number of rotatable bonds is 6. The van der Waals surface area contributed by atoms with Crippen molar-refractivity contribution in [2.45, 2.75) is 32.6 Å². The molecule has 2 N–H and O–H groups in total. The van der Waals surface area contributed by atoms with Crippen LogP contribution in [0.5, 0.6) is 0 Å². The number of amides is 2. The van der Waals surface area contributed by atoms with E-state index in [1.54, 1.807) is 13.0 Å². The van der Waals surface area contributed by atoms with Gasteiger partial charge in [0.25, 0.3) is 0 Å². The van der Waals surface area contributed by atoms with Gasteiger partial charge in [0.1, 0.15) is 5.76 Å². The predicted molar refractivity (Wildman–Crippen MR) is 99.1 cm³/mol. The van der Waals surface area contributed by atoms with Gasteiger partial charge in [0.05, 0.1) is 18.7 Å². The fourth-order valence-electron chi connectivity index (χ4n) is 3.02. The third-order valence-corrected chi connectivity index (χ3v) is 4.34. The third kappa shape index (κ3) is 5.08. The smallest absolute Gasteiger partial charge is 0.243 e. The number of carbonyl (C=O) groups is 2. The number of benzene rings is 1. The fraction of sp³-hybridized carbons (Fsp3) is 0.421. The molecule has 1 fully saturated rings. The van der Waals surface area contributed by atoms with Gasteiger partial charge in [-0.1, -0.05) is 5.16 Å². The molecule has 1 aromatic carbocycles. The van der Waals surface area contributed by atoms with Gasteiger partial charge in [-0.2, -0.15) is 0 Å². The van der Waals surface area contributed by atoms with Crippen molar-refractivity contribution < 1.29 is 14.1 Å². The zero-order chi connectivity index (χ0) is 18.4. The molecule has 0 aliphatic carbocycles. The molecule has 1 saturated heterocycles. The van der Waals surface area contributed by atoms with Crippen LogP contribution in [0, 0.1) is 6.92 Å². The molecular formula is C19H24N4O3. The van der Waals surface area contributed by atoms with Crippen molar-refractivity contribution in [3.63, 3.8) is 0 Å². The molecule has 2 heterocycles. The molecule has 1 aliphatic heterocycles. The van der Waals surface area contributed by atoms with Gasteiger partial charge in [-0.25, -0.2) is 0 Å². The highest BCUT2D eigenvalue weighted by Gasteiger charge is 2.12. The molecule has 0 atom stereocenters. The number of hydrogen-bond donors (Lipinski definition) is 2. The van der Waals surface area contributed by atoms with Crippen LogP contribution in [0.25, 0.3) is 0 Å². The molecule has 0 unspecified atom stereocenters. The second kappa shape index (κ2) is 8.51. The van der Waals surface area contributed by atoms with Crippen LogP contribution in [0.15, 0.2) is 34.9 Å². The zero-order valence-electron chi connectivity index (χ0n) is 15.0. The van der Waals surface area contributed by atoms with Gasteiger partial charge in [0.2, 0.25) is 11.8 Å². The minimum absolute atomic E-state index is 0.0798. The van der Waals surface area contributed by atoms with E-state index in [1.165, 1.54) is 24.9 Å². The van der Waals surface area contributed by atoms with Gasteiger partial charge in [0, 0.05) is 30.5 Å². The molecule has 0 radical (unpaired) electrons. The van der Waals surface area contributed by atoms with Crippen molar-refractivity contribution in [1.29, 1.82) is 0 Å². The van der Waals surface area contributed by atoms with Crippen molar-refractivity contribution in [3.05, 3.63) is 41.8 Å². The Morgan fingerprint density at radius 1 is 1.12 bits per heavy atom. The van der Waals surface area contributed by atoms with Gasteiger partial charge < -0.3 is 20.1 Å². The molecule has 7 nitrogen and oxygen atoms in total. The monoisotopic (exact) mass is 356 g/mol. The molecule has 0 saturated carbocycles. The molecule has 2 amide bonds. The van der Waals surface area contributed by atoms with E-state index >= 15 is 0 Å². The Kier molecular flexibility index (Phi) is 5.88. The number of hydrogen-bond acceptors (Lipinski definition) is 5. The highest BCUT2D eigenvalue weighted by atomic mass is 16.5. The molecule has 26 heavy (non-hydrogen) atoms. The Hall–Kier alpha value is -2.83. The fourth-order valence-corrected chi connectivity index (χ4v) is 3.02. The van der Waals surface area contributed by atoms with Crippen LogP contribution in [0.3, 0.4) is 0 Å². The topological polar surface area (TPSA) is 87.5 Å². The summed E-state index contributed by atoms with van der Waals surface area (Å²) in [5, 5.41) is 9.13. The summed E-state index contributed by atoms with van der Waals surface area (Å²) >= 11 is 0. The molecule has 138 valence electrons. The zero-order valence-corrected chi connectivity index (χ0v) is 15.0. The lowest BCUT2D eigenvalue weighted by Crippen LogP contribution is -2.33. The van der Waals surface area contributed by atoms with Gasteiger partial charge in [0.15, 0.2) is 0 Å². The first-order valence-electron chi connectivity index (χ1n) is 8.94. The van der Waals surface area contributed by atoms with Gasteiger partial charge >= 0.3 is 0 Å². The van der Waals surface area contributed by atoms with Gasteiger partial charge in [-0.3, -0.25) is 9.59 Å². The Morgan fingerprint density at radius 2 is 1.85 bits per heavy atom. The number of nitrogens with zero attached hydrogens (tertiary/aromatic N) is 2. The van der Waals surface area contributed by atoms with E-state index < -0.39 is 0 Å². The van der Waals surface area contributed by atoms with Crippen molar-refractivity contribution in [2.75, 3.05) is 29.9 Å². The lowest BCUT2D eigenvalue weighted by molar-refractivity contribution is -0.123. The van der Waals surface area contributed by atoms with Crippen molar-refractivity contribution >= 4 is 23.2 Å². The SMILES string of the molecule is Cc1cc(CC(=O)NCC(=O)Nc2ccc(N3CCCCC3)cc2)no1. The van der Waals surface area contributed by atoms with Crippen LogP contribution >= 0.6 is 0 Å². The standard InChI is InChI=1S/C19H24N4O3/c1-14-11-16(22-26-14)12-18(24)20-13-19(25)21-15-5-7-17(8-6-15)23-9-3-2-4-10-23/h5-8,11H,2-4,9-10,12-13H2,1H3,(H,20,24)(H,21,25). The summed E-state index contributed by atoms with van der Waals surface area (Å²) < 4.78 is 4.91. The van der Waals surface area contributed by atoms with Gasteiger partial charge in [-0.15, -0.1) is 0 Å². The molecule has 0 bridgehead atoms. The van der Waals surface area contributed by atoms with Crippen LogP contribution in [0.4, 0.5) is 11.4 Å². The quantitative estimate of drug-likeness (QED) is 0.829. The van der Waals surface area contributed by atoms with Crippen LogP contribution < -0.4 is 15.5 Å². The lowest BCUT2D eigenvalue weighted by Gasteiger charge is -2.28. The van der Waals surface area contributed by atoms with Crippen molar-refractivity contribution in [2.24, 2.45) is 0 Å². The minimum Gasteiger partial charge on any atom is -0.372 e. The first kappa shape index (κ1) is 18.0. The Morgan fingerprint density at radius 3 is 2.50 bits per heavy atom. The Balaban J connectivity index is 1.43.